The molecule has 0 atom stereocenters. The molecule has 3 rings (SSSR count). The SMILES string of the molecule is CSc1ncc(C(=O)Nc2ccc(C(C)(C)C#N)cc2)n1-c1ccccc1. The molecule has 0 bridgehead atoms. The summed E-state index contributed by atoms with van der Waals surface area (Å²) in [5, 5.41) is 12.9. The van der Waals surface area contributed by atoms with Crippen LogP contribution in [0.15, 0.2) is 66.0 Å². The van der Waals surface area contributed by atoms with E-state index in [1.165, 1.54) is 11.8 Å². The zero-order valence-electron chi connectivity index (χ0n) is 15.4. The summed E-state index contributed by atoms with van der Waals surface area (Å²) in [7, 11) is 0. The number of nitrogens with zero attached hydrogens (tertiary/aromatic N) is 3. The van der Waals surface area contributed by atoms with Crippen LogP contribution in [0, 0.1) is 11.3 Å². The topological polar surface area (TPSA) is 70.7 Å². The Morgan fingerprint density at radius 2 is 1.81 bits per heavy atom. The number of nitrogens with one attached hydrogen (secondary N) is 1. The van der Waals surface area contributed by atoms with E-state index in [-0.39, 0.29) is 5.91 Å². The van der Waals surface area contributed by atoms with Crippen molar-refractivity contribution in [2.45, 2.75) is 24.4 Å². The van der Waals surface area contributed by atoms with E-state index in [1.54, 1.807) is 6.20 Å². The van der Waals surface area contributed by atoms with E-state index in [4.69, 9.17) is 0 Å². The average molecular weight is 376 g/mol. The molecule has 1 aromatic heterocycles. The van der Waals surface area contributed by atoms with Gasteiger partial charge in [0, 0.05) is 11.4 Å². The molecule has 0 saturated carbocycles. The first-order chi connectivity index (χ1) is 13.0. The predicted molar refractivity (Wildman–Crippen MR) is 108 cm³/mol. The number of benzene rings is 2. The van der Waals surface area contributed by atoms with Crippen molar-refractivity contribution < 1.29 is 4.79 Å². The summed E-state index contributed by atoms with van der Waals surface area (Å²) in [5.41, 5.74) is 2.36. The maximum Gasteiger partial charge on any atom is 0.274 e. The highest BCUT2D eigenvalue weighted by molar-refractivity contribution is 7.98. The lowest BCUT2D eigenvalue weighted by atomic mass is 9.86. The minimum atomic E-state index is -0.568. The maximum absolute atomic E-state index is 12.8. The summed E-state index contributed by atoms with van der Waals surface area (Å²) in [6.07, 6.45) is 3.51. The van der Waals surface area contributed by atoms with Gasteiger partial charge in [0.25, 0.3) is 5.91 Å². The second-order valence-corrected chi connectivity index (χ2v) is 7.34. The lowest BCUT2D eigenvalue weighted by Crippen LogP contribution is -2.17. The second-order valence-electron chi connectivity index (χ2n) is 6.57. The second kappa shape index (κ2) is 7.68. The van der Waals surface area contributed by atoms with Crippen molar-refractivity contribution in [1.82, 2.24) is 9.55 Å². The number of carbonyl (C=O) groups is 1. The fraction of sp³-hybridized carbons (Fsp3) is 0.190. The van der Waals surface area contributed by atoms with Crippen molar-refractivity contribution >= 4 is 23.4 Å². The highest BCUT2D eigenvalue weighted by Crippen LogP contribution is 2.25. The highest BCUT2D eigenvalue weighted by Gasteiger charge is 2.20. The predicted octanol–water partition coefficient (Wildman–Crippen LogP) is 4.65. The fourth-order valence-corrected chi connectivity index (χ4v) is 3.24. The van der Waals surface area contributed by atoms with Crippen LogP contribution < -0.4 is 5.32 Å². The lowest BCUT2D eigenvalue weighted by Gasteiger charge is -2.16. The third kappa shape index (κ3) is 3.88. The van der Waals surface area contributed by atoms with Crippen LogP contribution in [0.2, 0.25) is 0 Å². The number of thioether (sulfide) groups is 1. The Kier molecular flexibility index (Phi) is 5.33. The van der Waals surface area contributed by atoms with E-state index < -0.39 is 5.41 Å². The Morgan fingerprint density at radius 3 is 2.41 bits per heavy atom. The van der Waals surface area contributed by atoms with Gasteiger partial charge < -0.3 is 5.32 Å². The zero-order valence-corrected chi connectivity index (χ0v) is 16.2. The van der Waals surface area contributed by atoms with E-state index in [0.29, 0.717) is 11.4 Å². The van der Waals surface area contributed by atoms with Crippen LogP contribution in [-0.2, 0) is 5.41 Å². The number of imidazole rings is 1. The summed E-state index contributed by atoms with van der Waals surface area (Å²) in [6.45, 7) is 3.73. The van der Waals surface area contributed by atoms with Gasteiger partial charge in [-0.2, -0.15) is 5.26 Å². The van der Waals surface area contributed by atoms with Gasteiger partial charge in [-0.05, 0) is 49.9 Å². The van der Waals surface area contributed by atoms with E-state index in [1.807, 2.05) is 79.3 Å². The van der Waals surface area contributed by atoms with Crippen molar-refractivity contribution in [1.29, 1.82) is 5.26 Å². The van der Waals surface area contributed by atoms with Crippen LogP contribution in [0.3, 0.4) is 0 Å². The average Bonchev–Trinajstić information content (AvgIpc) is 3.13. The monoisotopic (exact) mass is 376 g/mol. The quantitative estimate of drug-likeness (QED) is 0.658. The van der Waals surface area contributed by atoms with Crippen LogP contribution in [0.25, 0.3) is 5.69 Å². The summed E-state index contributed by atoms with van der Waals surface area (Å²) >= 11 is 1.48. The first kappa shape index (κ1) is 18.7. The molecule has 0 unspecified atom stereocenters. The molecule has 136 valence electrons. The number of para-hydroxylation sites is 1. The van der Waals surface area contributed by atoms with Crippen LogP contribution in [0.1, 0.15) is 29.9 Å². The summed E-state index contributed by atoms with van der Waals surface area (Å²) < 4.78 is 1.84. The summed E-state index contributed by atoms with van der Waals surface area (Å²) in [4.78, 5) is 17.2. The van der Waals surface area contributed by atoms with Gasteiger partial charge >= 0.3 is 0 Å². The van der Waals surface area contributed by atoms with E-state index in [9.17, 15) is 10.1 Å². The molecule has 6 heteroatoms. The maximum atomic E-state index is 12.8. The molecule has 5 nitrogen and oxygen atoms in total. The van der Waals surface area contributed by atoms with Crippen molar-refractivity contribution in [3.8, 4) is 11.8 Å². The summed E-state index contributed by atoms with van der Waals surface area (Å²) in [5.74, 6) is -0.237. The van der Waals surface area contributed by atoms with Gasteiger partial charge in [-0.1, -0.05) is 42.1 Å². The Hall–Kier alpha value is -3.04. The van der Waals surface area contributed by atoms with Crippen molar-refractivity contribution in [2.75, 3.05) is 11.6 Å². The van der Waals surface area contributed by atoms with Crippen LogP contribution >= 0.6 is 11.8 Å². The van der Waals surface area contributed by atoms with Crippen molar-refractivity contribution in [3.63, 3.8) is 0 Å². The molecule has 1 N–H and O–H groups in total. The summed E-state index contributed by atoms with van der Waals surface area (Å²) in [6, 6.07) is 19.3. The van der Waals surface area contributed by atoms with E-state index >= 15 is 0 Å². The molecule has 0 saturated heterocycles. The molecule has 3 aromatic rings. The number of hydrogen-bond acceptors (Lipinski definition) is 4. The normalized spacial score (nSPS) is 11.0. The van der Waals surface area contributed by atoms with Crippen molar-refractivity contribution in [2.24, 2.45) is 0 Å². The van der Waals surface area contributed by atoms with Gasteiger partial charge in [-0.25, -0.2) is 4.98 Å². The largest absolute Gasteiger partial charge is 0.321 e. The van der Waals surface area contributed by atoms with Gasteiger partial charge in [0.15, 0.2) is 5.16 Å². The lowest BCUT2D eigenvalue weighted by molar-refractivity contribution is 0.102. The Morgan fingerprint density at radius 1 is 1.15 bits per heavy atom. The molecular weight excluding hydrogens is 356 g/mol. The van der Waals surface area contributed by atoms with Crippen LogP contribution in [0.4, 0.5) is 5.69 Å². The standard InChI is InChI=1S/C21H20N4OS/c1-21(2,14-22)15-9-11-16(12-10-15)24-19(26)18-13-23-20(27-3)25(18)17-7-5-4-6-8-17/h4-13H,1-3H3,(H,24,26). The molecule has 1 amide bonds. The zero-order chi connectivity index (χ0) is 19.4. The first-order valence-electron chi connectivity index (χ1n) is 8.46. The fourth-order valence-electron chi connectivity index (χ4n) is 2.70. The van der Waals surface area contributed by atoms with E-state index in [2.05, 4.69) is 16.4 Å². The van der Waals surface area contributed by atoms with Crippen molar-refractivity contribution in [3.05, 3.63) is 72.1 Å². The number of amides is 1. The number of anilines is 1. The third-order valence-corrected chi connectivity index (χ3v) is 4.96. The van der Waals surface area contributed by atoms with Gasteiger partial charge in [0.05, 0.1) is 17.7 Å². The molecule has 0 aliphatic heterocycles. The first-order valence-corrected chi connectivity index (χ1v) is 9.69. The van der Waals surface area contributed by atoms with Gasteiger partial charge in [0.2, 0.25) is 0 Å². The third-order valence-electron chi connectivity index (χ3n) is 4.30. The number of nitriles is 1. The molecule has 27 heavy (non-hydrogen) atoms. The number of rotatable bonds is 5. The Balaban J connectivity index is 1.88. The Bertz CT molecular complexity index is 985. The molecule has 2 aromatic carbocycles. The van der Waals surface area contributed by atoms with Gasteiger partial charge in [-0.3, -0.25) is 9.36 Å². The minimum Gasteiger partial charge on any atom is -0.321 e. The molecule has 0 fully saturated rings. The molecule has 0 aliphatic rings. The molecule has 0 radical (unpaired) electrons. The molecule has 0 aliphatic carbocycles. The van der Waals surface area contributed by atoms with E-state index in [0.717, 1.165) is 16.4 Å². The minimum absolute atomic E-state index is 0.237. The molecule has 1 heterocycles. The van der Waals surface area contributed by atoms with Crippen LogP contribution in [-0.4, -0.2) is 21.7 Å². The number of hydrogen-bond donors (Lipinski definition) is 1. The van der Waals surface area contributed by atoms with Gasteiger partial charge in [0.1, 0.15) is 5.69 Å². The Labute approximate surface area is 163 Å². The highest BCUT2D eigenvalue weighted by atomic mass is 32.2. The molecule has 0 spiro atoms. The van der Waals surface area contributed by atoms with Gasteiger partial charge in [-0.15, -0.1) is 0 Å². The molecular formula is C21H20N4OS. The number of carbonyl (C=O) groups excluding carboxylic acids is 1. The number of aromatic nitrogens is 2. The smallest absolute Gasteiger partial charge is 0.274 e. The van der Waals surface area contributed by atoms with Crippen LogP contribution in [0.5, 0.6) is 0 Å².